The summed E-state index contributed by atoms with van der Waals surface area (Å²) in [6.45, 7) is 3.69. The van der Waals surface area contributed by atoms with Gasteiger partial charge >= 0.3 is 5.97 Å². The standard InChI is InChI=1S/C26H21BrN2O4/c1-15-9-16(2)11-18(10-15)31-14-24(30)32-17-7-8-20-23(12-17)33-26(29)21(13-28)25(20)19-5-3-4-6-22(19)27/h3-12,25H,14,29H2,1-2H3. The fourth-order valence-corrected chi connectivity index (χ4v) is 4.36. The monoisotopic (exact) mass is 504 g/mol. The van der Waals surface area contributed by atoms with Gasteiger partial charge in [-0.25, -0.2) is 4.79 Å². The van der Waals surface area contributed by atoms with E-state index >= 15 is 0 Å². The first-order valence-electron chi connectivity index (χ1n) is 10.2. The van der Waals surface area contributed by atoms with Crippen LogP contribution in [0.3, 0.4) is 0 Å². The Morgan fingerprint density at radius 1 is 1.06 bits per heavy atom. The molecule has 1 atom stereocenters. The van der Waals surface area contributed by atoms with Gasteiger partial charge in [0.1, 0.15) is 28.9 Å². The number of ether oxygens (including phenoxy) is 3. The Bertz CT molecular complexity index is 1290. The van der Waals surface area contributed by atoms with Crippen LogP contribution in [0.1, 0.15) is 28.2 Å². The van der Waals surface area contributed by atoms with Gasteiger partial charge in [0.25, 0.3) is 0 Å². The van der Waals surface area contributed by atoms with Gasteiger partial charge in [-0.2, -0.15) is 5.26 Å². The second kappa shape index (κ2) is 9.39. The molecule has 2 N–H and O–H groups in total. The zero-order valence-electron chi connectivity index (χ0n) is 18.1. The second-order valence-electron chi connectivity index (χ2n) is 7.73. The van der Waals surface area contributed by atoms with E-state index < -0.39 is 11.9 Å². The molecule has 0 spiro atoms. The summed E-state index contributed by atoms with van der Waals surface area (Å²) in [6, 6.07) is 20.6. The van der Waals surface area contributed by atoms with Crippen molar-refractivity contribution in [2.24, 2.45) is 5.73 Å². The number of allylic oxidation sites excluding steroid dienone is 1. The van der Waals surface area contributed by atoms with Crippen LogP contribution in [-0.2, 0) is 4.79 Å². The molecule has 3 aromatic rings. The molecular formula is C26H21BrN2O4. The van der Waals surface area contributed by atoms with E-state index in [1.807, 2.05) is 56.3 Å². The van der Waals surface area contributed by atoms with Crippen molar-refractivity contribution in [1.29, 1.82) is 5.26 Å². The van der Waals surface area contributed by atoms with Gasteiger partial charge in [0.2, 0.25) is 5.88 Å². The van der Waals surface area contributed by atoms with Crippen molar-refractivity contribution in [2.75, 3.05) is 6.61 Å². The maximum Gasteiger partial charge on any atom is 0.349 e. The zero-order chi connectivity index (χ0) is 23.5. The van der Waals surface area contributed by atoms with E-state index in [9.17, 15) is 10.1 Å². The highest BCUT2D eigenvalue weighted by molar-refractivity contribution is 9.10. The predicted molar refractivity (Wildman–Crippen MR) is 127 cm³/mol. The number of benzene rings is 3. The maximum absolute atomic E-state index is 12.3. The number of nitrogens with two attached hydrogens (primary N) is 1. The number of rotatable bonds is 5. The molecule has 1 heterocycles. The summed E-state index contributed by atoms with van der Waals surface area (Å²) in [5.74, 6) is 0.388. The van der Waals surface area contributed by atoms with Gasteiger partial charge in [-0.05, 0) is 54.8 Å². The van der Waals surface area contributed by atoms with E-state index in [0.717, 1.165) is 26.7 Å². The van der Waals surface area contributed by atoms with Crippen LogP contribution in [0.4, 0.5) is 0 Å². The van der Waals surface area contributed by atoms with Gasteiger partial charge < -0.3 is 19.9 Å². The minimum atomic E-state index is -0.548. The van der Waals surface area contributed by atoms with Crippen LogP contribution in [0.25, 0.3) is 0 Å². The zero-order valence-corrected chi connectivity index (χ0v) is 19.7. The Hall–Kier alpha value is -3.76. The number of hydrogen-bond donors (Lipinski definition) is 1. The SMILES string of the molecule is Cc1cc(C)cc(OCC(=O)Oc2ccc3c(c2)OC(N)=C(C#N)C3c2ccccc2Br)c1. The largest absolute Gasteiger partial charge is 0.482 e. The summed E-state index contributed by atoms with van der Waals surface area (Å²) in [5, 5.41) is 9.70. The first-order valence-corrected chi connectivity index (χ1v) is 11.0. The molecule has 0 saturated heterocycles. The summed E-state index contributed by atoms with van der Waals surface area (Å²) in [4.78, 5) is 12.3. The van der Waals surface area contributed by atoms with Crippen LogP contribution >= 0.6 is 15.9 Å². The summed E-state index contributed by atoms with van der Waals surface area (Å²) < 4.78 is 17.6. The Morgan fingerprint density at radius 3 is 2.48 bits per heavy atom. The molecular weight excluding hydrogens is 484 g/mol. The molecule has 4 rings (SSSR count). The number of carbonyl (C=O) groups is 1. The second-order valence-corrected chi connectivity index (χ2v) is 8.59. The number of nitrogens with zero attached hydrogens (tertiary/aromatic N) is 1. The summed E-state index contributed by atoms with van der Waals surface area (Å²) in [6.07, 6.45) is 0. The van der Waals surface area contributed by atoms with Crippen molar-refractivity contribution in [2.45, 2.75) is 19.8 Å². The Kier molecular flexibility index (Phi) is 6.38. The van der Waals surface area contributed by atoms with Gasteiger partial charge in [-0.15, -0.1) is 0 Å². The highest BCUT2D eigenvalue weighted by Gasteiger charge is 2.32. The van der Waals surface area contributed by atoms with Gasteiger partial charge in [0.05, 0.1) is 5.92 Å². The van der Waals surface area contributed by atoms with Crippen molar-refractivity contribution < 1.29 is 19.0 Å². The quantitative estimate of drug-likeness (QED) is 0.375. The Labute approximate surface area is 200 Å². The molecule has 6 nitrogen and oxygen atoms in total. The number of carbonyl (C=O) groups excluding carboxylic acids is 1. The third-order valence-corrected chi connectivity index (χ3v) is 5.91. The Morgan fingerprint density at radius 2 is 1.79 bits per heavy atom. The van der Waals surface area contributed by atoms with E-state index in [1.165, 1.54) is 0 Å². The van der Waals surface area contributed by atoms with Crippen LogP contribution in [0.15, 0.2) is 76.6 Å². The number of hydrogen-bond acceptors (Lipinski definition) is 6. The molecule has 1 aliphatic rings. The van der Waals surface area contributed by atoms with Crippen LogP contribution < -0.4 is 19.9 Å². The average molecular weight is 505 g/mol. The molecule has 0 fully saturated rings. The number of aryl methyl sites for hydroxylation is 2. The van der Waals surface area contributed by atoms with Crippen molar-refractivity contribution in [3.63, 3.8) is 0 Å². The fraction of sp³-hybridized carbons (Fsp3) is 0.154. The van der Waals surface area contributed by atoms with Crippen LogP contribution in [-0.4, -0.2) is 12.6 Å². The van der Waals surface area contributed by atoms with Crippen molar-refractivity contribution in [3.8, 4) is 23.3 Å². The molecule has 33 heavy (non-hydrogen) atoms. The molecule has 0 bridgehead atoms. The molecule has 0 radical (unpaired) electrons. The highest BCUT2D eigenvalue weighted by Crippen LogP contribution is 2.45. The smallest absolute Gasteiger partial charge is 0.349 e. The highest BCUT2D eigenvalue weighted by atomic mass is 79.9. The summed E-state index contributed by atoms with van der Waals surface area (Å²) in [5.41, 5.74) is 10.1. The topological polar surface area (TPSA) is 94.6 Å². The number of halogens is 1. The molecule has 1 unspecified atom stereocenters. The van der Waals surface area contributed by atoms with E-state index in [4.69, 9.17) is 19.9 Å². The fourth-order valence-electron chi connectivity index (χ4n) is 3.85. The van der Waals surface area contributed by atoms with E-state index in [0.29, 0.717) is 22.8 Å². The summed E-state index contributed by atoms with van der Waals surface area (Å²) >= 11 is 3.56. The molecule has 0 aromatic heterocycles. The normalized spacial score (nSPS) is 14.7. The minimum Gasteiger partial charge on any atom is -0.482 e. The molecule has 7 heteroatoms. The minimum absolute atomic E-state index is 0.0207. The number of nitriles is 1. The lowest BCUT2D eigenvalue weighted by Gasteiger charge is -2.27. The molecule has 0 aliphatic carbocycles. The van der Waals surface area contributed by atoms with E-state index in [1.54, 1.807) is 18.2 Å². The molecule has 166 valence electrons. The molecule has 1 aliphatic heterocycles. The van der Waals surface area contributed by atoms with Gasteiger partial charge in [-0.3, -0.25) is 0 Å². The van der Waals surface area contributed by atoms with Crippen LogP contribution in [0.5, 0.6) is 17.2 Å². The van der Waals surface area contributed by atoms with Crippen LogP contribution in [0.2, 0.25) is 0 Å². The number of esters is 1. The first kappa shape index (κ1) is 22.4. The Balaban J connectivity index is 1.55. The first-order chi connectivity index (χ1) is 15.9. The third-order valence-electron chi connectivity index (χ3n) is 5.19. The van der Waals surface area contributed by atoms with E-state index in [2.05, 4.69) is 22.0 Å². The lowest BCUT2D eigenvalue weighted by Crippen LogP contribution is -2.22. The van der Waals surface area contributed by atoms with Crippen molar-refractivity contribution in [1.82, 2.24) is 0 Å². The van der Waals surface area contributed by atoms with Crippen molar-refractivity contribution in [3.05, 3.63) is 98.8 Å². The van der Waals surface area contributed by atoms with Gasteiger partial charge in [0, 0.05) is 16.1 Å². The third kappa shape index (κ3) is 4.86. The molecule has 0 amide bonds. The van der Waals surface area contributed by atoms with Crippen molar-refractivity contribution >= 4 is 21.9 Å². The lowest BCUT2D eigenvalue weighted by molar-refractivity contribution is -0.136. The average Bonchev–Trinajstić information content (AvgIpc) is 2.76. The number of fused-ring (bicyclic) bond motifs is 1. The van der Waals surface area contributed by atoms with E-state index in [-0.39, 0.29) is 12.5 Å². The summed E-state index contributed by atoms with van der Waals surface area (Å²) in [7, 11) is 0. The van der Waals surface area contributed by atoms with Crippen LogP contribution in [0, 0.1) is 25.2 Å². The predicted octanol–water partition coefficient (Wildman–Crippen LogP) is 5.27. The molecule has 0 saturated carbocycles. The van der Waals surface area contributed by atoms with Gasteiger partial charge in [0.15, 0.2) is 6.61 Å². The van der Waals surface area contributed by atoms with Gasteiger partial charge in [-0.1, -0.05) is 46.3 Å². The molecule has 3 aromatic carbocycles. The lowest BCUT2D eigenvalue weighted by atomic mass is 9.83. The maximum atomic E-state index is 12.3.